The monoisotopic (exact) mass is 198 g/mol. The third-order valence-corrected chi connectivity index (χ3v) is 1.81. The number of benzene rings is 1. The molecule has 3 N–H and O–H groups in total. The van der Waals surface area contributed by atoms with Gasteiger partial charge >= 0.3 is 0 Å². The molecule has 0 heterocycles. The number of allylic oxidation sites excluding steroid dienone is 2. The van der Waals surface area contributed by atoms with Gasteiger partial charge in [-0.3, -0.25) is 0 Å². The summed E-state index contributed by atoms with van der Waals surface area (Å²) < 4.78 is 0. The molecule has 0 bridgehead atoms. The highest BCUT2D eigenvalue weighted by Crippen LogP contribution is 2.00. The van der Waals surface area contributed by atoms with Crippen LogP contribution in [0.4, 0.5) is 0 Å². The first-order valence-electron chi connectivity index (χ1n) is 4.35. The fourth-order valence-electron chi connectivity index (χ4n) is 1.04. The van der Waals surface area contributed by atoms with Crippen molar-refractivity contribution >= 4 is 0 Å². The molecule has 0 aliphatic rings. The van der Waals surface area contributed by atoms with E-state index in [-0.39, 0.29) is 11.4 Å². The van der Waals surface area contributed by atoms with Gasteiger partial charge in [-0.05, 0) is 5.56 Å². The Labute approximate surface area is 88.2 Å². The van der Waals surface area contributed by atoms with Gasteiger partial charge in [0.15, 0.2) is 0 Å². The second kappa shape index (κ2) is 5.31. The Bertz CT molecular complexity index is 434. The lowest BCUT2D eigenvalue weighted by Gasteiger charge is -2.04. The quantitative estimate of drug-likeness (QED) is 0.709. The van der Waals surface area contributed by atoms with E-state index in [0.717, 1.165) is 5.56 Å². The Morgan fingerprint density at radius 3 is 2.40 bits per heavy atom. The van der Waals surface area contributed by atoms with Crippen LogP contribution in [-0.2, 0) is 6.54 Å². The molecule has 0 unspecified atom stereocenters. The molecule has 0 aromatic heterocycles. The van der Waals surface area contributed by atoms with Crippen LogP contribution in [0.15, 0.2) is 41.7 Å². The fraction of sp³-hybridized carbons (Fsp3) is 0.0909. The molecule has 0 aliphatic heterocycles. The third-order valence-electron chi connectivity index (χ3n) is 1.81. The predicted octanol–water partition coefficient (Wildman–Crippen LogP) is 0.994. The maximum absolute atomic E-state index is 8.70. The number of nitrogens with two attached hydrogens (primary N) is 1. The molecule has 0 amide bonds. The summed E-state index contributed by atoms with van der Waals surface area (Å²) in [6.07, 6.45) is 0. The Morgan fingerprint density at radius 1 is 1.20 bits per heavy atom. The second-order valence-corrected chi connectivity index (χ2v) is 2.85. The predicted molar refractivity (Wildman–Crippen MR) is 55.7 cm³/mol. The molecule has 4 heteroatoms. The number of nitrogens with zero attached hydrogens (tertiary/aromatic N) is 2. The average molecular weight is 198 g/mol. The minimum absolute atomic E-state index is 0.0894. The van der Waals surface area contributed by atoms with Crippen LogP contribution in [0.5, 0.6) is 0 Å². The second-order valence-electron chi connectivity index (χ2n) is 2.85. The van der Waals surface area contributed by atoms with Crippen LogP contribution in [-0.4, -0.2) is 0 Å². The van der Waals surface area contributed by atoms with Crippen LogP contribution < -0.4 is 11.1 Å². The Balaban J connectivity index is 2.66. The van der Waals surface area contributed by atoms with Gasteiger partial charge < -0.3 is 11.1 Å². The highest BCUT2D eigenvalue weighted by molar-refractivity contribution is 5.33. The molecular formula is C11H10N4. The van der Waals surface area contributed by atoms with Crippen molar-refractivity contribution in [3.05, 3.63) is 47.3 Å². The smallest absolute Gasteiger partial charge is 0.148 e. The lowest BCUT2D eigenvalue weighted by molar-refractivity contribution is 0.827. The van der Waals surface area contributed by atoms with Crippen molar-refractivity contribution in [1.29, 1.82) is 10.5 Å². The van der Waals surface area contributed by atoms with Crippen molar-refractivity contribution in [1.82, 2.24) is 5.32 Å². The minimum atomic E-state index is -0.0894. The van der Waals surface area contributed by atoms with Crippen molar-refractivity contribution in [2.75, 3.05) is 0 Å². The molecule has 1 aromatic rings. The van der Waals surface area contributed by atoms with Crippen molar-refractivity contribution in [3.8, 4) is 12.1 Å². The summed E-state index contributed by atoms with van der Waals surface area (Å²) in [5.74, 6) is 0. The van der Waals surface area contributed by atoms with Crippen LogP contribution in [0.3, 0.4) is 0 Å². The standard InChI is InChI=1S/C11H10N4/c12-6-10(14)11(7-13)15-8-9-4-2-1-3-5-9/h1-5,15H,8,14H2/b11-10+. The van der Waals surface area contributed by atoms with Crippen LogP contribution in [0.25, 0.3) is 0 Å². The van der Waals surface area contributed by atoms with E-state index in [0.29, 0.717) is 6.54 Å². The van der Waals surface area contributed by atoms with Gasteiger partial charge in [0.2, 0.25) is 0 Å². The molecule has 0 saturated carbocycles. The van der Waals surface area contributed by atoms with E-state index in [4.69, 9.17) is 16.3 Å². The summed E-state index contributed by atoms with van der Waals surface area (Å²) >= 11 is 0. The van der Waals surface area contributed by atoms with Gasteiger partial charge in [0.05, 0.1) is 0 Å². The van der Waals surface area contributed by atoms with Gasteiger partial charge in [-0.1, -0.05) is 30.3 Å². The maximum atomic E-state index is 8.70. The number of hydrogen-bond acceptors (Lipinski definition) is 4. The molecular weight excluding hydrogens is 188 g/mol. The van der Waals surface area contributed by atoms with Crippen molar-refractivity contribution in [2.45, 2.75) is 6.54 Å². The summed E-state index contributed by atoms with van der Waals surface area (Å²) in [5, 5.41) is 20.0. The number of hydrogen-bond donors (Lipinski definition) is 2. The first kappa shape index (κ1) is 10.6. The first-order valence-corrected chi connectivity index (χ1v) is 4.35. The van der Waals surface area contributed by atoms with Gasteiger partial charge in [-0.2, -0.15) is 10.5 Å². The number of nitriles is 2. The Kier molecular flexibility index (Phi) is 3.76. The average Bonchev–Trinajstić information content (AvgIpc) is 2.31. The largest absolute Gasteiger partial charge is 0.388 e. The summed E-state index contributed by atoms with van der Waals surface area (Å²) in [5.41, 5.74) is 6.37. The molecule has 0 spiro atoms. The normalized spacial score (nSPS) is 10.8. The van der Waals surface area contributed by atoms with E-state index >= 15 is 0 Å². The molecule has 0 radical (unpaired) electrons. The van der Waals surface area contributed by atoms with Gasteiger partial charge in [0, 0.05) is 6.54 Å². The lowest BCUT2D eigenvalue weighted by atomic mass is 10.2. The van der Waals surface area contributed by atoms with Crippen LogP contribution >= 0.6 is 0 Å². The van der Waals surface area contributed by atoms with E-state index in [1.54, 1.807) is 6.07 Å². The summed E-state index contributed by atoms with van der Waals surface area (Å²) in [6, 6.07) is 13.1. The van der Waals surface area contributed by atoms with Crippen molar-refractivity contribution in [3.63, 3.8) is 0 Å². The topological polar surface area (TPSA) is 85.6 Å². The van der Waals surface area contributed by atoms with Gasteiger partial charge in [-0.15, -0.1) is 0 Å². The van der Waals surface area contributed by atoms with Gasteiger partial charge in [0.1, 0.15) is 23.5 Å². The van der Waals surface area contributed by atoms with E-state index in [1.807, 2.05) is 36.4 Å². The Morgan fingerprint density at radius 2 is 1.87 bits per heavy atom. The molecule has 1 aromatic carbocycles. The highest BCUT2D eigenvalue weighted by atomic mass is 14.9. The molecule has 1 rings (SSSR count). The summed E-state index contributed by atoms with van der Waals surface area (Å²) in [6.45, 7) is 0.478. The Hall–Kier alpha value is -2.46. The maximum Gasteiger partial charge on any atom is 0.148 e. The van der Waals surface area contributed by atoms with Crippen molar-refractivity contribution in [2.24, 2.45) is 5.73 Å². The zero-order chi connectivity index (χ0) is 11.1. The van der Waals surface area contributed by atoms with Crippen molar-refractivity contribution < 1.29 is 0 Å². The van der Waals surface area contributed by atoms with E-state index in [1.165, 1.54) is 0 Å². The van der Waals surface area contributed by atoms with E-state index < -0.39 is 0 Å². The molecule has 0 saturated heterocycles. The van der Waals surface area contributed by atoms with Crippen LogP contribution in [0.2, 0.25) is 0 Å². The molecule has 0 aliphatic carbocycles. The fourth-order valence-corrected chi connectivity index (χ4v) is 1.04. The highest BCUT2D eigenvalue weighted by Gasteiger charge is 2.00. The molecule has 4 nitrogen and oxygen atoms in total. The van der Waals surface area contributed by atoms with Crippen LogP contribution in [0, 0.1) is 22.7 Å². The molecule has 0 atom stereocenters. The summed E-state index contributed by atoms with van der Waals surface area (Å²) in [4.78, 5) is 0. The zero-order valence-corrected chi connectivity index (χ0v) is 8.07. The third kappa shape index (κ3) is 3.06. The van der Waals surface area contributed by atoms with Crippen LogP contribution in [0.1, 0.15) is 5.56 Å². The minimum Gasteiger partial charge on any atom is -0.388 e. The van der Waals surface area contributed by atoms with Gasteiger partial charge in [-0.25, -0.2) is 0 Å². The first-order chi connectivity index (χ1) is 7.27. The lowest BCUT2D eigenvalue weighted by Crippen LogP contribution is -2.16. The zero-order valence-electron chi connectivity index (χ0n) is 8.07. The SMILES string of the molecule is N#C/C(N)=C(/C#N)NCc1ccccc1. The number of nitrogens with one attached hydrogen (secondary N) is 1. The van der Waals surface area contributed by atoms with E-state index in [2.05, 4.69) is 5.32 Å². The molecule has 15 heavy (non-hydrogen) atoms. The van der Waals surface area contributed by atoms with Gasteiger partial charge in [0.25, 0.3) is 0 Å². The van der Waals surface area contributed by atoms with E-state index in [9.17, 15) is 0 Å². The number of rotatable bonds is 3. The summed E-state index contributed by atoms with van der Waals surface area (Å²) in [7, 11) is 0. The molecule has 74 valence electrons. The molecule has 0 fully saturated rings.